The number of aliphatic imine (C=N–C) groups is 2. The van der Waals surface area contributed by atoms with Crippen LogP contribution in [0.1, 0.15) is 22.8 Å². The molecule has 3 aliphatic rings. The summed E-state index contributed by atoms with van der Waals surface area (Å²) in [5.74, 6) is 0.756. The monoisotopic (exact) mass is 422 g/mol. The number of fused-ring (bicyclic) bond motifs is 2. The van der Waals surface area contributed by atoms with Gasteiger partial charge in [-0.1, -0.05) is 41.9 Å². The second kappa shape index (κ2) is 7.83. The van der Waals surface area contributed by atoms with Crippen LogP contribution in [0.15, 0.2) is 58.5 Å². The third-order valence-corrected chi connectivity index (χ3v) is 6.23. The SMILES string of the molecule is C[C@H](N=C1NC=NC2NCNC12)C1Cc2cccc(Cl)c2C(=O)N1c1ccccc1. The van der Waals surface area contributed by atoms with E-state index in [-0.39, 0.29) is 30.2 Å². The molecule has 3 unspecified atom stereocenters. The standard InChI is InChI=1S/C22H23ClN6O/c1-13(28-21-19-20(25-11-24-19)26-12-27-21)17-10-14-6-5-9-16(23)18(14)22(30)29(17)15-7-3-2-4-8-15/h2-9,12-13,17,19-20,24-25H,10-11H2,1H3,(H,26,27,28)/t13-,17?,19?,20?/m0/s1. The number of para-hydroxylation sites is 1. The fraction of sp³-hybridized carbons (Fsp3) is 0.318. The van der Waals surface area contributed by atoms with Crippen molar-refractivity contribution < 1.29 is 4.79 Å². The first kappa shape index (κ1) is 19.2. The molecule has 0 saturated carbocycles. The lowest BCUT2D eigenvalue weighted by atomic mass is 9.89. The number of nitrogens with zero attached hydrogens (tertiary/aromatic N) is 3. The molecule has 154 valence electrons. The first-order valence-corrected chi connectivity index (χ1v) is 10.5. The number of hydrogen-bond acceptors (Lipinski definition) is 5. The zero-order chi connectivity index (χ0) is 20.7. The predicted octanol–water partition coefficient (Wildman–Crippen LogP) is 2.18. The lowest BCUT2D eigenvalue weighted by molar-refractivity contribution is 0.0963. The molecule has 3 aliphatic heterocycles. The van der Waals surface area contributed by atoms with Crippen LogP contribution < -0.4 is 20.9 Å². The molecule has 1 saturated heterocycles. The van der Waals surface area contributed by atoms with E-state index in [1.54, 1.807) is 12.4 Å². The molecule has 0 bridgehead atoms. The van der Waals surface area contributed by atoms with Crippen LogP contribution in [0.3, 0.4) is 0 Å². The minimum atomic E-state index is -0.140. The number of nitrogens with one attached hydrogen (secondary N) is 3. The second-order valence-electron chi connectivity index (χ2n) is 7.74. The van der Waals surface area contributed by atoms with Crippen molar-refractivity contribution in [3.8, 4) is 0 Å². The highest BCUT2D eigenvalue weighted by atomic mass is 35.5. The van der Waals surface area contributed by atoms with Gasteiger partial charge in [-0.25, -0.2) is 0 Å². The van der Waals surface area contributed by atoms with Crippen molar-refractivity contribution >= 4 is 35.4 Å². The van der Waals surface area contributed by atoms with Crippen molar-refractivity contribution in [3.63, 3.8) is 0 Å². The summed E-state index contributed by atoms with van der Waals surface area (Å²) >= 11 is 6.42. The largest absolute Gasteiger partial charge is 0.334 e. The molecule has 2 aromatic rings. The summed E-state index contributed by atoms with van der Waals surface area (Å²) in [6, 6.07) is 15.1. The fourth-order valence-electron chi connectivity index (χ4n) is 4.43. The predicted molar refractivity (Wildman–Crippen MR) is 119 cm³/mol. The van der Waals surface area contributed by atoms with Crippen molar-refractivity contribution in [1.29, 1.82) is 0 Å². The maximum absolute atomic E-state index is 13.6. The van der Waals surface area contributed by atoms with E-state index in [1.807, 2.05) is 47.4 Å². The Balaban J connectivity index is 1.54. The van der Waals surface area contributed by atoms with Gasteiger partial charge in [-0.05, 0) is 37.1 Å². The smallest absolute Gasteiger partial charge is 0.260 e. The van der Waals surface area contributed by atoms with Crippen LogP contribution in [0.25, 0.3) is 0 Å². The minimum Gasteiger partial charge on any atom is -0.334 e. The van der Waals surface area contributed by atoms with Crippen LogP contribution in [0.5, 0.6) is 0 Å². The van der Waals surface area contributed by atoms with E-state index in [2.05, 4.69) is 27.9 Å². The lowest BCUT2D eigenvalue weighted by Crippen LogP contribution is -2.53. The Hall–Kier alpha value is -2.74. The molecule has 0 spiro atoms. The number of halogens is 1. The molecule has 4 atom stereocenters. The van der Waals surface area contributed by atoms with Crippen LogP contribution in [0.2, 0.25) is 5.02 Å². The van der Waals surface area contributed by atoms with Gasteiger partial charge in [0.1, 0.15) is 18.0 Å². The van der Waals surface area contributed by atoms with Gasteiger partial charge in [0.05, 0.1) is 29.0 Å². The van der Waals surface area contributed by atoms with Gasteiger partial charge >= 0.3 is 0 Å². The van der Waals surface area contributed by atoms with Crippen molar-refractivity contribution in [2.24, 2.45) is 9.98 Å². The molecule has 0 aromatic heterocycles. The van der Waals surface area contributed by atoms with Gasteiger partial charge in [0, 0.05) is 12.4 Å². The third kappa shape index (κ3) is 3.29. The molecule has 1 fully saturated rings. The van der Waals surface area contributed by atoms with Gasteiger partial charge < -0.3 is 10.2 Å². The second-order valence-corrected chi connectivity index (χ2v) is 8.15. The molecular weight excluding hydrogens is 400 g/mol. The van der Waals surface area contributed by atoms with E-state index < -0.39 is 0 Å². The summed E-state index contributed by atoms with van der Waals surface area (Å²) < 4.78 is 0. The number of benzene rings is 2. The van der Waals surface area contributed by atoms with E-state index in [0.717, 1.165) is 17.1 Å². The van der Waals surface area contributed by atoms with Crippen LogP contribution in [0.4, 0.5) is 5.69 Å². The molecular formula is C22H23ClN6O. The van der Waals surface area contributed by atoms with Crippen LogP contribution in [-0.2, 0) is 6.42 Å². The van der Waals surface area contributed by atoms with E-state index in [4.69, 9.17) is 16.6 Å². The van der Waals surface area contributed by atoms with Crippen molar-refractivity contribution in [1.82, 2.24) is 16.0 Å². The Labute approximate surface area is 180 Å². The van der Waals surface area contributed by atoms with E-state index in [0.29, 0.717) is 23.7 Å². The molecule has 3 N–H and O–H groups in total. The number of carbonyl (C=O) groups is 1. The number of amidine groups is 1. The Kier molecular flexibility index (Phi) is 5.02. The van der Waals surface area contributed by atoms with Crippen LogP contribution in [-0.4, -0.2) is 49.0 Å². The summed E-state index contributed by atoms with van der Waals surface area (Å²) in [5, 5.41) is 10.3. The Morgan fingerprint density at radius 3 is 2.83 bits per heavy atom. The maximum atomic E-state index is 13.6. The van der Waals surface area contributed by atoms with Gasteiger partial charge in [-0.3, -0.25) is 25.4 Å². The number of amides is 1. The minimum absolute atomic E-state index is 0.00338. The average molecular weight is 423 g/mol. The first-order valence-electron chi connectivity index (χ1n) is 10.1. The molecule has 30 heavy (non-hydrogen) atoms. The van der Waals surface area contributed by atoms with Crippen molar-refractivity contribution in [2.45, 2.75) is 37.6 Å². The number of anilines is 1. The van der Waals surface area contributed by atoms with Gasteiger partial charge in [0.25, 0.3) is 5.91 Å². The normalized spacial score (nSPS) is 27.5. The van der Waals surface area contributed by atoms with E-state index >= 15 is 0 Å². The molecule has 0 radical (unpaired) electrons. The molecule has 1 amide bonds. The first-order chi connectivity index (χ1) is 14.6. The van der Waals surface area contributed by atoms with Gasteiger partial charge in [0.2, 0.25) is 0 Å². The zero-order valence-electron chi connectivity index (χ0n) is 16.5. The summed E-state index contributed by atoms with van der Waals surface area (Å²) in [6.45, 7) is 2.74. The van der Waals surface area contributed by atoms with Gasteiger partial charge in [-0.15, -0.1) is 0 Å². The average Bonchev–Trinajstić information content (AvgIpc) is 3.24. The van der Waals surface area contributed by atoms with Gasteiger partial charge in [-0.2, -0.15) is 0 Å². The quantitative estimate of drug-likeness (QED) is 0.708. The highest BCUT2D eigenvalue weighted by Gasteiger charge is 2.39. The van der Waals surface area contributed by atoms with Crippen LogP contribution >= 0.6 is 11.6 Å². The molecule has 5 rings (SSSR count). The summed E-state index contributed by atoms with van der Waals surface area (Å²) in [7, 11) is 0. The lowest BCUT2D eigenvalue weighted by Gasteiger charge is -2.39. The summed E-state index contributed by atoms with van der Waals surface area (Å²) in [6.07, 6.45) is 2.35. The highest BCUT2D eigenvalue weighted by molar-refractivity contribution is 6.35. The van der Waals surface area contributed by atoms with E-state index in [1.165, 1.54) is 0 Å². The highest BCUT2D eigenvalue weighted by Crippen LogP contribution is 2.34. The maximum Gasteiger partial charge on any atom is 0.260 e. The molecule has 2 aromatic carbocycles. The Morgan fingerprint density at radius 2 is 2.00 bits per heavy atom. The third-order valence-electron chi connectivity index (χ3n) is 5.92. The molecule has 3 heterocycles. The van der Waals surface area contributed by atoms with Gasteiger partial charge in [0.15, 0.2) is 0 Å². The Bertz CT molecular complexity index is 1020. The Morgan fingerprint density at radius 1 is 1.17 bits per heavy atom. The van der Waals surface area contributed by atoms with Crippen molar-refractivity contribution in [3.05, 3.63) is 64.7 Å². The molecule has 8 heteroatoms. The number of rotatable bonds is 3. The number of carbonyl (C=O) groups excluding carboxylic acids is 1. The van der Waals surface area contributed by atoms with Crippen molar-refractivity contribution in [2.75, 3.05) is 11.6 Å². The van der Waals surface area contributed by atoms with E-state index in [9.17, 15) is 4.79 Å². The topological polar surface area (TPSA) is 81.1 Å². The molecule has 0 aliphatic carbocycles. The van der Waals surface area contributed by atoms with Crippen LogP contribution in [0, 0.1) is 0 Å². The number of hydrogen-bond donors (Lipinski definition) is 3. The zero-order valence-corrected chi connectivity index (χ0v) is 17.3. The summed E-state index contributed by atoms with van der Waals surface area (Å²) in [5.41, 5.74) is 2.40. The molecule has 7 nitrogen and oxygen atoms in total. The summed E-state index contributed by atoms with van der Waals surface area (Å²) in [4.78, 5) is 24.8. The fourth-order valence-corrected chi connectivity index (χ4v) is 4.71.